The Hall–Kier alpha value is -0.706. The zero-order valence-electron chi connectivity index (χ0n) is 7.58. The summed E-state index contributed by atoms with van der Waals surface area (Å²) in [6.45, 7) is 5.22. The fourth-order valence-corrected chi connectivity index (χ4v) is 1.49. The standard InChI is InChI=1S/C9H8N3S.V/c1-4-10-7(2)8-5-6-11-9(12-8)13-3;/h1-2,4-6H,3H3;/q-1;. The second-order valence-corrected chi connectivity index (χ2v) is 3.40. The molecule has 0 unspecified atom stereocenters. The molecule has 0 saturated heterocycles. The molecule has 0 radical (unpaired) electrons. The monoisotopic (exact) mass is 241 g/mol. The number of hydrogen-bond acceptors (Lipinski definition) is 4. The first-order valence-electron chi connectivity index (χ1n) is 3.78. The first kappa shape index (κ1) is 11.4. The predicted octanol–water partition coefficient (Wildman–Crippen LogP) is 1.28. The fourth-order valence-electron chi connectivity index (χ4n) is 0.828. The van der Waals surface area contributed by atoms with E-state index >= 15 is 0 Å². The van der Waals surface area contributed by atoms with Crippen LogP contribution in [0.4, 0.5) is 0 Å². The Labute approximate surface area is 96.3 Å². The number of aliphatic imine (C=N–C) groups is 1. The molecule has 1 aromatic heterocycles. The van der Waals surface area contributed by atoms with Gasteiger partial charge in [0.05, 0.1) is 0 Å². The number of nitrogens with zero attached hydrogens (tertiary/aromatic N) is 3. The molecule has 71 valence electrons. The topological polar surface area (TPSA) is 38.1 Å². The van der Waals surface area contributed by atoms with E-state index in [0.29, 0.717) is 0 Å². The van der Waals surface area contributed by atoms with Gasteiger partial charge in [0.25, 0.3) is 0 Å². The van der Waals surface area contributed by atoms with Crippen molar-refractivity contribution >= 4 is 22.2 Å². The molecule has 0 bridgehead atoms. The van der Waals surface area contributed by atoms with Crippen molar-refractivity contribution < 1.29 is 17.0 Å². The molecule has 0 aliphatic heterocycles. The molecule has 1 aromatic rings. The van der Waals surface area contributed by atoms with Gasteiger partial charge in [-0.15, -0.1) is 0 Å². The van der Waals surface area contributed by atoms with Crippen molar-refractivity contribution in [2.45, 2.75) is 5.16 Å². The molecule has 0 amide bonds. The average molecular weight is 241 g/mol. The molecule has 14 heavy (non-hydrogen) atoms. The van der Waals surface area contributed by atoms with Crippen molar-refractivity contribution in [2.75, 3.05) is 6.26 Å². The maximum atomic E-state index is 5.22. The van der Waals surface area contributed by atoms with E-state index in [1.54, 1.807) is 17.0 Å². The van der Waals surface area contributed by atoms with Gasteiger partial charge in [-0.2, -0.15) is 0 Å². The molecule has 0 saturated carbocycles. The first-order valence-corrected chi connectivity index (χ1v) is 5.81. The molecule has 0 aromatic carbocycles. The van der Waals surface area contributed by atoms with Crippen LogP contribution < -0.4 is 0 Å². The summed E-state index contributed by atoms with van der Waals surface area (Å²) in [5, 5.41) is 0.724. The van der Waals surface area contributed by atoms with E-state index in [-0.39, 0.29) is 0 Å². The van der Waals surface area contributed by atoms with Gasteiger partial charge in [-0.3, -0.25) is 0 Å². The summed E-state index contributed by atoms with van der Waals surface area (Å²) in [6, 6.07) is 1.80. The molecular weight excluding hydrogens is 233 g/mol. The van der Waals surface area contributed by atoms with Crippen LogP contribution in [-0.2, 0) is 17.0 Å². The summed E-state index contributed by atoms with van der Waals surface area (Å²) in [5.41, 5.74) is 1.50. The molecular formula is C9H8N3SV-. The minimum atomic E-state index is 0.724. The molecule has 0 fully saturated rings. The Morgan fingerprint density at radius 1 is 1.71 bits per heavy atom. The second-order valence-electron chi connectivity index (χ2n) is 2.22. The van der Waals surface area contributed by atoms with Gasteiger partial charge in [0.2, 0.25) is 0 Å². The zero-order chi connectivity index (χ0) is 10.4. The van der Waals surface area contributed by atoms with E-state index in [9.17, 15) is 0 Å². The molecule has 0 aliphatic carbocycles. The quantitative estimate of drug-likeness (QED) is 0.345. The molecule has 5 heteroatoms. The van der Waals surface area contributed by atoms with Crippen molar-refractivity contribution in [3.05, 3.63) is 30.7 Å². The number of thioether (sulfide) groups is 1. The third-order valence-electron chi connectivity index (χ3n) is 1.41. The first-order chi connectivity index (χ1) is 6.81. The van der Waals surface area contributed by atoms with Crippen LogP contribution in [-0.4, -0.2) is 26.7 Å². The molecule has 0 atom stereocenters. The molecule has 3 nitrogen and oxygen atoms in total. The Morgan fingerprint density at radius 2 is 2.50 bits per heavy atom. The van der Waals surface area contributed by atoms with E-state index < -0.39 is 0 Å². The van der Waals surface area contributed by atoms with E-state index in [1.807, 2.05) is 6.26 Å². The van der Waals surface area contributed by atoms with Gasteiger partial charge in [0.15, 0.2) is 0 Å². The molecule has 1 rings (SSSR count). The van der Waals surface area contributed by atoms with Crippen molar-refractivity contribution in [1.82, 2.24) is 9.97 Å². The van der Waals surface area contributed by atoms with Crippen LogP contribution in [0.15, 0.2) is 28.6 Å². The second kappa shape index (κ2) is 5.91. The normalized spacial score (nSPS) is 11.0. The Morgan fingerprint density at radius 3 is 3.07 bits per heavy atom. The van der Waals surface area contributed by atoms with Gasteiger partial charge < -0.3 is 0 Å². The van der Waals surface area contributed by atoms with Crippen LogP contribution in [0.25, 0.3) is 0 Å². The Balaban J connectivity index is 3.10. The summed E-state index contributed by atoms with van der Waals surface area (Å²) in [5.74, 6) is 0. The van der Waals surface area contributed by atoms with Crippen LogP contribution in [0, 0.1) is 6.58 Å². The molecule has 0 aliphatic rings. The van der Waals surface area contributed by atoms with Gasteiger partial charge in [-0.1, -0.05) is 0 Å². The molecule has 0 spiro atoms. The number of rotatable bonds is 4. The minimum absolute atomic E-state index is 0.724. The van der Waals surface area contributed by atoms with Crippen molar-refractivity contribution in [1.29, 1.82) is 0 Å². The SMILES string of the molecule is [CH-]=CN=C([CH]=[V])c1ccnc(SC)n1. The summed E-state index contributed by atoms with van der Waals surface area (Å²) in [7, 11) is 0. The Kier molecular flexibility index (Phi) is 4.80. The van der Waals surface area contributed by atoms with Crippen LogP contribution in [0.2, 0.25) is 0 Å². The van der Waals surface area contributed by atoms with E-state index in [1.165, 1.54) is 18.0 Å². The summed E-state index contributed by atoms with van der Waals surface area (Å²) in [6.07, 6.45) is 4.88. The van der Waals surface area contributed by atoms with Crippen LogP contribution in [0.1, 0.15) is 5.69 Å². The third kappa shape index (κ3) is 2.91. The van der Waals surface area contributed by atoms with Crippen LogP contribution in [0.3, 0.4) is 0 Å². The van der Waals surface area contributed by atoms with Gasteiger partial charge in [0, 0.05) is 0 Å². The predicted molar refractivity (Wildman–Crippen MR) is 55.3 cm³/mol. The summed E-state index contributed by atoms with van der Waals surface area (Å²) < 4.78 is 1.79. The van der Waals surface area contributed by atoms with Crippen LogP contribution in [0.5, 0.6) is 0 Å². The van der Waals surface area contributed by atoms with E-state index in [4.69, 9.17) is 6.58 Å². The van der Waals surface area contributed by atoms with Gasteiger partial charge >= 0.3 is 96.3 Å². The third-order valence-corrected chi connectivity index (χ3v) is 2.36. The van der Waals surface area contributed by atoms with Gasteiger partial charge in [-0.05, 0) is 0 Å². The molecule has 1 heterocycles. The fraction of sp³-hybridized carbons (Fsp3) is 0.111. The summed E-state index contributed by atoms with van der Waals surface area (Å²) >= 11 is 3.82. The van der Waals surface area contributed by atoms with Gasteiger partial charge in [-0.25, -0.2) is 0 Å². The van der Waals surface area contributed by atoms with Crippen molar-refractivity contribution in [3.8, 4) is 0 Å². The zero-order valence-corrected chi connectivity index (χ0v) is 9.80. The van der Waals surface area contributed by atoms with E-state index in [0.717, 1.165) is 16.6 Å². The average Bonchev–Trinajstić information content (AvgIpc) is 2.26. The van der Waals surface area contributed by atoms with E-state index in [2.05, 4.69) is 31.9 Å². The van der Waals surface area contributed by atoms with Crippen molar-refractivity contribution in [2.24, 2.45) is 4.99 Å². The maximum absolute atomic E-state index is 5.22. The summed E-state index contributed by atoms with van der Waals surface area (Å²) in [4.78, 5) is 12.3. The number of aromatic nitrogens is 2. The van der Waals surface area contributed by atoms with Crippen molar-refractivity contribution in [3.63, 3.8) is 0 Å². The van der Waals surface area contributed by atoms with Gasteiger partial charge in [0.1, 0.15) is 0 Å². The number of hydrogen-bond donors (Lipinski definition) is 0. The molecule has 0 N–H and O–H groups in total. The Bertz CT molecular complexity index is 376. The van der Waals surface area contributed by atoms with Crippen LogP contribution >= 0.6 is 11.8 Å².